The van der Waals surface area contributed by atoms with E-state index in [-0.39, 0.29) is 12.5 Å². The summed E-state index contributed by atoms with van der Waals surface area (Å²) in [6.07, 6.45) is 1.57. The van der Waals surface area contributed by atoms with Gasteiger partial charge in [0, 0.05) is 12.6 Å². The van der Waals surface area contributed by atoms with Gasteiger partial charge in [0.25, 0.3) is 0 Å². The molecule has 2 aromatic carbocycles. The van der Waals surface area contributed by atoms with Crippen molar-refractivity contribution >= 4 is 11.5 Å². The summed E-state index contributed by atoms with van der Waals surface area (Å²) >= 11 is 0. The summed E-state index contributed by atoms with van der Waals surface area (Å²) < 4.78 is 5.19. The van der Waals surface area contributed by atoms with Gasteiger partial charge in [-0.15, -0.1) is 0 Å². The fourth-order valence-corrected chi connectivity index (χ4v) is 2.27. The lowest BCUT2D eigenvalue weighted by atomic mass is 10.1. The van der Waals surface area contributed by atoms with E-state index in [1.54, 1.807) is 13.2 Å². The predicted molar refractivity (Wildman–Crippen MR) is 90.9 cm³/mol. The Kier molecular flexibility index (Phi) is 5.94. The maximum atomic E-state index is 12.1. The minimum Gasteiger partial charge on any atom is -0.497 e. The van der Waals surface area contributed by atoms with E-state index in [1.165, 1.54) is 0 Å². The Morgan fingerprint density at radius 2 is 1.91 bits per heavy atom. The van der Waals surface area contributed by atoms with Crippen molar-refractivity contribution in [1.82, 2.24) is 5.32 Å². The van der Waals surface area contributed by atoms with Crippen molar-refractivity contribution in [3.05, 3.63) is 71.3 Å². The fourth-order valence-electron chi connectivity index (χ4n) is 2.27. The lowest BCUT2D eigenvalue weighted by molar-refractivity contribution is -0.116. The summed E-state index contributed by atoms with van der Waals surface area (Å²) in [5, 5.41) is 12.1. The van der Waals surface area contributed by atoms with Crippen molar-refractivity contribution in [2.45, 2.75) is 20.1 Å². The van der Waals surface area contributed by atoms with Crippen molar-refractivity contribution in [2.24, 2.45) is 0 Å². The predicted octanol–water partition coefficient (Wildman–Crippen LogP) is 2.91. The number of benzene rings is 2. The average Bonchev–Trinajstić information content (AvgIpc) is 2.60. The molecule has 0 bridgehead atoms. The number of amides is 1. The van der Waals surface area contributed by atoms with E-state index in [1.807, 2.05) is 55.5 Å². The molecule has 0 atom stereocenters. The van der Waals surface area contributed by atoms with Crippen LogP contribution in [-0.2, 0) is 17.9 Å². The highest BCUT2D eigenvalue weighted by molar-refractivity contribution is 5.94. The Labute approximate surface area is 136 Å². The van der Waals surface area contributed by atoms with Gasteiger partial charge in [-0.1, -0.05) is 36.4 Å². The first-order chi connectivity index (χ1) is 11.1. The van der Waals surface area contributed by atoms with Crippen LogP contribution >= 0.6 is 0 Å². The molecular weight excluding hydrogens is 290 g/mol. The van der Waals surface area contributed by atoms with Crippen molar-refractivity contribution in [3.8, 4) is 5.75 Å². The molecule has 0 heterocycles. The normalized spacial score (nSPS) is 11.2. The quantitative estimate of drug-likeness (QED) is 0.807. The second-order valence-electron chi connectivity index (χ2n) is 5.20. The lowest BCUT2D eigenvalue weighted by Crippen LogP contribution is -2.21. The zero-order valence-electron chi connectivity index (χ0n) is 13.4. The Morgan fingerprint density at radius 3 is 2.61 bits per heavy atom. The van der Waals surface area contributed by atoms with Crippen LogP contribution in [0.15, 0.2) is 54.6 Å². The summed E-state index contributed by atoms with van der Waals surface area (Å²) in [7, 11) is 1.61. The minimum atomic E-state index is -0.168. The molecule has 2 N–H and O–H groups in total. The first-order valence-electron chi connectivity index (χ1n) is 7.42. The van der Waals surface area contributed by atoms with Gasteiger partial charge in [-0.3, -0.25) is 4.79 Å². The topological polar surface area (TPSA) is 58.6 Å². The summed E-state index contributed by atoms with van der Waals surface area (Å²) in [5.74, 6) is 0.589. The third kappa shape index (κ3) is 4.69. The molecular formula is C19H21NO3. The van der Waals surface area contributed by atoms with Crippen molar-refractivity contribution in [2.75, 3.05) is 7.11 Å². The number of nitrogens with one attached hydrogen (secondary N) is 1. The summed E-state index contributed by atoms with van der Waals surface area (Å²) in [6.45, 7) is 2.23. The number of methoxy groups -OCH3 is 1. The van der Waals surface area contributed by atoms with Crippen LogP contribution in [-0.4, -0.2) is 18.1 Å². The molecule has 0 aliphatic heterocycles. The smallest absolute Gasteiger partial charge is 0.244 e. The molecule has 0 unspecified atom stereocenters. The molecule has 2 rings (SSSR count). The molecule has 0 saturated carbocycles. The van der Waals surface area contributed by atoms with E-state index < -0.39 is 0 Å². The second-order valence-corrected chi connectivity index (χ2v) is 5.20. The van der Waals surface area contributed by atoms with E-state index in [0.29, 0.717) is 6.54 Å². The zero-order valence-corrected chi connectivity index (χ0v) is 13.4. The first-order valence-corrected chi connectivity index (χ1v) is 7.42. The van der Waals surface area contributed by atoms with E-state index >= 15 is 0 Å². The Bertz CT molecular complexity index is 707. The first kappa shape index (κ1) is 16.8. The average molecular weight is 311 g/mol. The van der Waals surface area contributed by atoms with Crippen LogP contribution in [0.4, 0.5) is 0 Å². The molecule has 0 fully saturated rings. The van der Waals surface area contributed by atoms with E-state index in [0.717, 1.165) is 28.0 Å². The molecule has 120 valence electrons. The molecule has 4 heteroatoms. The fraction of sp³-hybridized carbons (Fsp3) is 0.211. The number of allylic oxidation sites excluding steroid dienone is 1. The number of hydrogen-bond acceptors (Lipinski definition) is 3. The molecule has 0 aliphatic carbocycles. The van der Waals surface area contributed by atoms with Gasteiger partial charge in [-0.05, 0) is 41.3 Å². The van der Waals surface area contributed by atoms with Gasteiger partial charge in [0.15, 0.2) is 0 Å². The van der Waals surface area contributed by atoms with Crippen LogP contribution < -0.4 is 10.1 Å². The molecule has 0 spiro atoms. The van der Waals surface area contributed by atoms with Crippen LogP contribution in [0, 0.1) is 0 Å². The Hall–Kier alpha value is -2.59. The maximum Gasteiger partial charge on any atom is 0.244 e. The molecule has 1 amide bonds. The van der Waals surface area contributed by atoms with E-state index in [4.69, 9.17) is 4.74 Å². The molecule has 0 radical (unpaired) electrons. The molecule has 23 heavy (non-hydrogen) atoms. The van der Waals surface area contributed by atoms with Gasteiger partial charge in [0.1, 0.15) is 5.75 Å². The third-order valence-electron chi connectivity index (χ3n) is 3.61. The van der Waals surface area contributed by atoms with Crippen LogP contribution in [0.25, 0.3) is 5.57 Å². The Balaban J connectivity index is 2.03. The number of carbonyl (C=O) groups excluding carboxylic acids is 1. The minimum absolute atomic E-state index is 0.0370. The monoisotopic (exact) mass is 311 g/mol. The molecule has 4 nitrogen and oxygen atoms in total. The number of carbonyl (C=O) groups is 1. The highest BCUT2D eigenvalue weighted by Gasteiger charge is 2.04. The molecule has 2 aromatic rings. The molecule has 0 saturated heterocycles. The maximum absolute atomic E-state index is 12.1. The van der Waals surface area contributed by atoms with Crippen molar-refractivity contribution in [1.29, 1.82) is 0 Å². The highest BCUT2D eigenvalue weighted by Crippen LogP contribution is 2.19. The second kappa shape index (κ2) is 8.15. The van der Waals surface area contributed by atoms with Crippen LogP contribution in [0.5, 0.6) is 5.75 Å². The third-order valence-corrected chi connectivity index (χ3v) is 3.61. The van der Waals surface area contributed by atoms with Crippen LogP contribution in [0.1, 0.15) is 23.6 Å². The van der Waals surface area contributed by atoms with Crippen molar-refractivity contribution < 1.29 is 14.6 Å². The summed E-state index contributed by atoms with van der Waals surface area (Å²) in [5.41, 5.74) is 3.53. The van der Waals surface area contributed by atoms with E-state index in [2.05, 4.69) is 5.32 Å². The van der Waals surface area contributed by atoms with Crippen LogP contribution in [0.3, 0.4) is 0 Å². The summed E-state index contributed by atoms with van der Waals surface area (Å²) in [4.78, 5) is 12.1. The van der Waals surface area contributed by atoms with Crippen molar-refractivity contribution in [3.63, 3.8) is 0 Å². The van der Waals surface area contributed by atoms with Gasteiger partial charge < -0.3 is 15.2 Å². The van der Waals surface area contributed by atoms with Gasteiger partial charge in [0.05, 0.1) is 13.7 Å². The standard InChI is InChI=1S/C19H21NO3/c1-14(15-8-5-9-18(11-15)23-2)10-19(22)20-12-16-6-3-4-7-17(16)13-21/h3-11,21H,12-13H2,1-2H3,(H,20,22)/b14-10+. The number of aliphatic hydroxyl groups is 1. The number of aliphatic hydroxyl groups excluding tert-OH is 1. The zero-order chi connectivity index (χ0) is 16.7. The number of ether oxygens (including phenoxy) is 1. The summed E-state index contributed by atoms with van der Waals surface area (Å²) in [6, 6.07) is 15.1. The highest BCUT2D eigenvalue weighted by atomic mass is 16.5. The Morgan fingerprint density at radius 1 is 1.17 bits per heavy atom. The number of hydrogen-bond donors (Lipinski definition) is 2. The van der Waals surface area contributed by atoms with Crippen LogP contribution in [0.2, 0.25) is 0 Å². The lowest BCUT2D eigenvalue weighted by Gasteiger charge is -2.08. The molecule has 0 aliphatic rings. The van der Waals surface area contributed by atoms with Gasteiger partial charge in [-0.2, -0.15) is 0 Å². The van der Waals surface area contributed by atoms with Gasteiger partial charge in [0.2, 0.25) is 5.91 Å². The SMILES string of the molecule is COc1cccc(/C(C)=C/C(=O)NCc2ccccc2CO)c1. The molecule has 0 aromatic heterocycles. The van der Waals surface area contributed by atoms with Gasteiger partial charge >= 0.3 is 0 Å². The van der Waals surface area contributed by atoms with E-state index in [9.17, 15) is 9.90 Å². The van der Waals surface area contributed by atoms with Gasteiger partial charge in [-0.25, -0.2) is 0 Å². The largest absolute Gasteiger partial charge is 0.497 e. The number of rotatable bonds is 6.